The van der Waals surface area contributed by atoms with E-state index in [4.69, 9.17) is 5.14 Å². The molecule has 0 saturated heterocycles. The van der Waals surface area contributed by atoms with E-state index in [1.165, 1.54) is 0 Å². The zero-order valence-electron chi connectivity index (χ0n) is 11.6. The zero-order chi connectivity index (χ0) is 14.8. The molecule has 0 radical (unpaired) electrons. The van der Waals surface area contributed by atoms with Gasteiger partial charge >= 0.3 is 0 Å². The maximum atomic E-state index is 11.6. The van der Waals surface area contributed by atoms with Gasteiger partial charge in [-0.1, -0.05) is 6.07 Å². The summed E-state index contributed by atoms with van der Waals surface area (Å²) in [6.45, 7) is 0.922. The van der Waals surface area contributed by atoms with Crippen molar-refractivity contribution in [2.75, 3.05) is 29.8 Å². The SMILES string of the molecule is CNCCC(=O)Nc1ccc2c(c1)N(S(N)(=O)=O)CC2.Cl. The highest BCUT2D eigenvalue weighted by Gasteiger charge is 2.26. The minimum absolute atomic E-state index is 0. The Kier molecular flexibility index (Phi) is 5.97. The van der Waals surface area contributed by atoms with E-state index >= 15 is 0 Å². The Morgan fingerprint density at radius 1 is 1.43 bits per heavy atom. The van der Waals surface area contributed by atoms with Gasteiger partial charge in [-0.25, -0.2) is 5.14 Å². The number of anilines is 2. The monoisotopic (exact) mass is 334 g/mol. The Morgan fingerprint density at radius 3 is 2.76 bits per heavy atom. The number of nitrogens with one attached hydrogen (secondary N) is 2. The zero-order valence-corrected chi connectivity index (χ0v) is 13.3. The van der Waals surface area contributed by atoms with Crippen LogP contribution in [0.1, 0.15) is 12.0 Å². The molecule has 1 aromatic carbocycles. The van der Waals surface area contributed by atoms with E-state index in [9.17, 15) is 13.2 Å². The van der Waals surface area contributed by atoms with Gasteiger partial charge in [0.05, 0.1) is 5.69 Å². The number of rotatable bonds is 5. The maximum Gasteiger partial charge on any atom is 0.299 e. The second-order valence-corrected chi connectivity index (χ2v) is 6.08. The molecule has 21 heavy (non-hydrogen) atoms. The van der Waals surface area contributed by atoms with Crippen molar-refractivity contribution in [1.29, 1.82) is 0 Å². The summed E-state index contributed by atoms with van der Waals surface area (Å²) in [5, 5.41) is 10.8. The Morgan fingerprint density at radius 2 is 2.14 bits per heavy atom. The third-order valence-electron chi connectivity index (χ3n) is 3.13. The van der Waals surface area contributed by atoms with Crippen LogP contribution in [-0.4, -0.2) is 34.5 Å². The van der Waals surface area contributed by atoms with Crippen molar-refractivity contribution in [3.63, 3.8) is 0 Å². The van der Waals surface area contributed by atoms with Crippen molar-refractivity contribution in [3.8, 4) is 0 Å². The fraction of sp³-hybridized carbons (Fsp3) is 0.417. The van der Waals surface area contributed by atoms with Crippen molar-refractivity contribution in [2.24, 2.45) is 5.14 Å². The minimum Gasteiger partial charge on any atom is -0.326 e. The number of nitrogens with zero attached hydrogens (tertiary/aromatic N) is 1. The van der Waals surface area contributed by atoms with Crippen LogP contribution in [0.25, 0.3) is 0 Å². The number of fused-ring (bicyclic) bond motifs is 1. The molecule has 0 fully saturated rings. The lowest BCUT2D eigenvalue weighted by Crippen LogP contribution is -2.35. The van der Waals surface area contributed by atoms with Gasteiger partial charge in [0.25, 0.3) is 10.2 Å². The van der Waals surface area contributed by atoms with Gasteiger partial charge in [-0.3, -0.25) is 9.10 Å². The van der Waals surface area contributed by atoms with Gasteiger partial charge in [-0.2, -0.15) is 8.42 Å². The van der Waals surface area contributed by atoms with E-state index in [1.54, 1.807) is 19.2 Å². The summed E-state index contributed by atoms with van der Waals surface area (Å²) in [5.74, 6) is -0.126. The molecule has 0 bridgehead atoms. The highest BCUT2D eigenvalue weighted by Crippen LogP contribution is 2.31. The topological polar surface area (TPSA) is 105 Å². The van der Waals surface area contributed by atoms with Crippen molar-refractivity contribution >= 4 is 39.9 Å². The summed E-state index contributed by atoms with van der Waals surface area (Å²) in [6, 6.07) is 5.22. The molecule has 0 unspecified atom stereocenters. The Bertz CT molecular complexity index is 621. The summed E-state index contributed by atoms with van der Waals surface area (Å²) >= 11 is 0. The fourth-order valence-corrected chi connectivity index (χ4v) is 2.94. The largest absolute Gasteiger partial charge is 0.326 e. The highest BCUT2D eigenvalue weighted by atomic mass is 35.5. The van der Waals surface area contributed by atoms with Crippen LogP contribution in [0.4, 0.5) is 11.4 Å². The molecule has 1 amide bonds. The van der Waals surface area contributed by atoms with E-state index in [2.05, 4.69) is 10.6 Å². The maximum absolute atomic E-state index is 11.6. The number of nitrogens with two attached hydrogens (primary N) is 1. The fourth-order valence-electron chi connectivity index (χ4n) is 2.15. The molecule has 1 aromatic rings. The quantitative estimate of drug-likeness (QED) is 0.716. The molecule has 9 heteroatoms. The van der Waals surface area contributed by atoms with E-state index in [-0.39, 0.29) is 18.3 Å². The van der Waals surface area contributed by atoms with Crippen molar-refractivity contribution in [3.05, 3.63) is 23.8 Å². The van der Waals surface area contributed by atoms with E-state index < -0.39 is 10.2 Å². The highest BCUT2D eigenvalue weighted by molar-refractivity contribution is 7.90. The van der Waals surface area contributed by atoms with E-state index in [0.29, 0.717) is 37.3 Å². The molecule has 1 aliphatic rings. The molecule has 0 saturated carbocycles. The first-order chi connectivity index (χ1) is 9.41. The average Bonchev–Trinajstić information content (AvgIpc) is 2.79. The molecule has 0 spiro atoms. The van der Waals surface area contributed by atoms with Crippen molar-refractivity contribution in [1.82, 2.24) is 5.32 Å². The predicted molar refractivity (Wildman–Crippen MR) is 85.0 cm³/mol. The summed E-state index contributed by atoms with van der Waals surface area (Å²) < 4.78 is 24.1. The van der Waals surface area contributed by atoms with Crippen LogP contribution in [0.2, 0.25) is 0 Å². The van der Waals surface area contributed by atoms with Gasteiger partial charge in [-0.15, -0.1) is 12.4 Å². The van der Waals surface area contributed by atoms with Gasteiger partial charge in [-0.05, 0) is 31.2 Å². The number of amides is 1. The Balaban J connectivity index is 0.00000220. The van der Waals surface area contributed by atoms with Crippen LogP contribution in [-0.2, 0) is 21.4 Å². The molecular formula is C12H19ClN4O3S. The standard InChI is InChI=1S/C12H18N4O3S.ClH/c1-14-6-4-12(17)15-10-3-2-9-5-7-16(11(9)8-10)20(13,18)19;/h2-3,8,14H,4-7H2,1H3,(H,15,17)(H2,13,18,19);1H. The molecule has 0 atom stereocenters. The second-order valence-electron chi connectivity index (χ2n) is 4.61. The Hall–Kier alpha value is -1.35. The normalized spacial score (nSPS) is 13.5. The number of hydrogen-bond donors (Lipinski definition) is 3. The van der Waals surface area contributed by atoms with Gasteiger partial charge in [0.15, 0.2) is 0 Å². The third kappa shape index (κ3) is 4.31. The summed E-state index contributed by atoms with van der Waals surface area (Å²) in [4.78, 5) is 11.6. The second kappa shape index (κ2) is 7.08. The van der Waals surface area contributed by atoms with Crippen LogP contribution >= 0.6 is 12.4 Å². The lowest BCUT2D eigenvalue weighted by molar-refractivity contribution is -0.116. The first-order valence-corrected chi connectivity index (χ1v) is 7.80. The minimum atomic E-state index is -3.76. The number of hydrogen-bond acceptors (Lipinski definition) is 4. The summed E-state index contributed by atoms with van der Waals surface area (Å²) in [5.41, 5.74) is 2.02. The molecule has 118 valence electrons. The lowest BCUT2D eigenvalue weighted by Gasteiger charge is -2.16. The van der Waals surface area contributed by atoms with Crippen LogP contribution < -0.4 is 20.1 Å². The van der Waals surface area contributed by atoms with Crippen molar-refractivity contribution < 1.29 is 13.2 Å². The third-order valence-corrected chi connectivity index (χ3v) is 4.12. The molecular weight excluding hydrogens is 316 g/mol. The molecule has 0 aliphatic carbocycles. The number of carbonyl (C=O) groups is 1. The predicted octanol–water partition coefficient (Wildman–Crippen LogP) is 0.222. The molecule has 1 heterocycles. The molecule has 0 aromatic heterocycles. The van der Waals surface area contributed by atoms with Gasteiger partial charge in [0.1, 0.15) is 0 Å². The Labute approximate surface area is 130 Å². The smallest absolute Gasteiger partial charge is 0.299 e. The van der Waals surface area contributed by atoms with E-state index in [0.717, 1.165) is 9.87 Å². The van der Waals surface area contributed by atoms with Crippen molar-refractivity contribution in [2.45, 2.75) is 12.8 Å². The lowest BCUT2D eigenvalue weighted by atomic mass is 10.1. The average molecular weight is 335 g/mol. The van der Waals surface area contributed by atoms with Gasteiger partial charge in [0, 0.05) is 25.2 Å². The summed E-state index contributed by atoms with van der Waals surface area (Å²) in [6.07, 6.45) is 0.978. The molecule has 1 aliphatic heterocycles. The molecule has 4 N–H and O–H groups in total. The number of halogens is 1. The van der Waals surface area contributed by atoms with Crippen LogP contribution in [0.15, 0.2) is 18.2 Å². The van der Waals surface area contributed by atoms with E-state index in [1.807, 2.05) is 6.07 Å². The molecule has 7 nitrogen and oxygen atoms in total. The van der Waals surface area contributed by atoms with Crippen LogP contribution in [0, 0.1) is 0 Å². The van der Waals surface area contributed by atoms with Crippen LogP contribution in [0.3, 0.4) is 0 Å². The number of benzene rings is 1. The number of carbonyl (C=O) groups excluding carboxylic acids is 1. The van der Waals surface area contributed by atoms with Gasteiger partial charge < -0.3 is 10.6 Å². The summed E-state index contributed by atoms with van der Waals surface area (Å²) in [7, 11) is -1.99. The first kappa shape index (κ1) is 17.7. The first-order valence-electron chi connectivity index (χ1n) is 6.29. The molecule has 2 rings (SSSR count). The van der Waals surface area contributed by atoms with Gasteiger partial charge in [0.2, 0.25) is 5.91 Å². The van der Waals surface area contributed by atoms with Crippen LogP contribution in [0.5, 0.6) is 0 Å².